The summed E-state index contributed by atoms with van der Waals surface area (Å²) in [5.41, 5.74) is 0.641. The van der Waals surface area contributed by atoms with Gasteiger partial charge < -0.3 is 15.1 Å². The molecule has 0 saturated carbocycles. The molecule has 4 heterocycles. The summed E-state index contributed by atoms with van der Waals surface area (Å²) in [4.78, 5) is 15.9. The van der Waals surface area contributed by atoms with Gasteiger partial charge in [-0.15, -0.1) is 0 Å². The van der Waals surface area contributed by atoms with Gasteiger partial charge in [-0.25, -0.2) is 4.98 Å². The van der Waals surface area contributed by atoms with E-state index >= 15 is 0 Å². The Morgan fingerprint density at radius 3 is 2.91 bits per heavy atom. The molecule has 6 heteroatoms. The van der Waals surface area contributed by atoms with Crippen molar-refractivity contribution in [3.8, 4) is 11.3 Å². The van der Waals surface area contributed by atoms with E-state index in [1.54, 1.807) is 18.2 Å². The number of fused-ring (bicyclic) bond motifs is 2. The molecule has 2 saturated heterocycles. The molecule has 114 valence electrons. The van der Waals surface area contributed by atoms with Crippen molar-refractivity contribution in [2.45, 2.75) is 37.4 Å². The normalized spacial score (nSPS) is 26.3. The van der Waals surface area contributed by atoms with Gasteiger partial charge >= 0.3 is 0 Å². The third-order valence-electron chi connectivity index (χ3n) is 4.46. The quantitative estimate of drug-likeness (QED) is 0.852. The van der Waals surface area contributed by atoms with Crippen molar-refractivity contribution in [1.82, 2.24) is 15.6 Å². The summed E-state index contributed by atoms with van der Waals surface area (Å²) in [6.45, 7) is 0. The molecule has 2 N–H and O–H groups in total. The molecule has 22 heavy (non-hydrogen) atoms. The number of carbonyl (C=O) groups is 1. The Balaban J connectivity index is 1.46. The Morgan fingerprint density at radius 1 is 1.32 bits per heavy atom. The predicted molar refractivity (Wildman–Crippen MR) is 77.7 cm³/mol. The summed E-state index contributed by atoms with van der Waals surface area (Å²) in [7, 11) is 0. The minimum Gasteiger partial charge on any atom is -0.451 e. The van der Waals surface area contributed by atoms with Crippen LogP contribution in [-0.2, 0) is 0 Å². The van der Waals surface area contributed by atoms with Gasteiger partial charge in [0.15, 0.2) is 5.76 Å². The van der Waals surface area contributed by atoms with Gasteiger partial charge in [-0.1, -0.05) is 0 Å². The maximum atomic E-state index is 12.8. The van der Waals surface area contributed by atoms with Crippen molar-refractivity contribution in [2.24, 2.45) is 0 Å². The molecule has 0 aliphatic carbocycles. The highest BCUT2D eigenvalue weighted by atomic mass is 19.1. The maximum absolute atomic E-state index is 12.8. The lowest BCUT2D eigenvalue weighted by Gasteiger charge is -2.20. The van der Waals surface area contributed by atoms with E-state index in [1.165, 1.54) is 18.7 Å². The Hall–Kier alpha value is -2.21. The summed E-state index contributed by atoms with van der Waals surface area (Å²) >= 11 is 0. The maximum Gasteiger partial charge on any atom is 0.287 e. The van der Waals surface area contributed by atoms with Crippen LogP contribution in [0, 0.1) is 5.95 Å². The van der Waals surface area contributed by atoms with Gasteiger partial charge in [-0.05, 0) is 43.5 Å². The van der Waals surface area contributed by atoms with Gasteiger partial charge in [0.25, 0.3) is 5.91 Å². The van der Waals surface area contributed by atoms with Crippen LogP contribution in [0.1, 0.15) is 29.8 Å². The van der Waals surface area contributed by atoms with Crippen LogP contribution in [0.25, 0.3) is 11.3 Å². The molecule has 0 aromatic carbocycles. The molecule has 1 amide bonds. The second-order valence-corrected chi connectivity index (χ2v) is 5.90. The van der Waals surface area contributed by atoms with E-state index in [0.29, 0.717) is 23.4 Å². The second kappa shape index (κ2) is 5.21. The van der Waals surface area contributed by atoms with Gasteiger partial charge in [0.2, 0.25) is 5.95 Å². The molecule has 2 aliphatic heterocycles. The van der Waals surface area contributed by atoms with Crippen LogP contribution < -0.4 is 10.6 Å². The highest BCUT2D eigenvalue weighted by molar-refractivity contribution is 5.92. The average molecular weight is 301 g/mol. The van der Waals surface area contributed by atoms with Crippen molar-refractivity contribution < 1.29 is 13.6 Å². The number of hydrogen-bond acceptors (Lipinski definition) is 4. The van der Waals surface area contributed by atoms with Gasteiger partial charge in [0, 0.05) is 29.9 Å². The molecule has 0 spiro atoms. The van der Waals surface area contributed by atoms with Crippen LogP contribution in [0.5, 0.6) is 0 Å². The van der Waals surface area contributed by atoms with Gasteiger partial charge in [0.05, 0.1) is 0 Å². The predicted octanol–water partition coefficient (Wildman–Crippen LogP) is 2.10. The van der Waals surface area contributed by atoms with Gasteiger partial charge in [-0.2, -0.15) is 4.39 Å². The van der Waals surface area contributed by atoms with Crippen LogP contribution >= 0.6 is 0 Å². The average Bonchev–Trinajstić information content (AvgIpc) is 3.24. The van der Waals surface area contributed by atoms with Crippen LogP contribution in [0.15, 0.2) is 34.9 Å². The fourth-order valence-electron chi connectivity index (χ4n) is 3.36. The first kappa shape index (κ1) is 13.5. The molecular formula is C16H16FN3O2. The van der Waals surface area contributed by atoms with Crippen LogP contribution in [0.3, 0.4) is 0 Å². The third kappa shape index (κ3) is 2.39. The molecular weight excluding hydrogens is 285 g/mol. The van der Waals surface area contributed by atoms with Crippen molar-refractivity contribution in [1.29, 1.82) is 0 Å². The summed E-state index contributed by atoms with van der Waals surface area (Å²) in [6, 6.07) is 7.25. The summed E-state index contributed by atoms with van der Waals surface area (Å²) < 4.78 is 18.4. The molecule has 3 unspecified atom stereocenters. The van der Waals surface area contributed by atoms with E-state index < -0.39 is 5.95 Å². The third-order valence-corrected chi connectivity index (χ3v) is 4.46. The number of halogens is 1. The Bertz CT molecular complexity index is 698. The van der Waals surface area contributed by atoms with E-state index in [1.807, 2.05) is 0 Å². The number of furan rings is 1. The number of pyridine rings is 1. The van der Waals surface area contributed by atoms with Gasteiger partial charge in [0.1, 0.15) is 5.76 Å². The van der Waals surface area contributed by atoms with Crippen molar-refractivity contribution in [3.63, 3.8) is 0 Å². The molecule has 2 bridgehead atoms. The molecule has 2 fully saturated rings. The zero-order valence-corrected chi connectivity index (χ0v) is 11.9. The van der Waals surface area contributed by atoms with Gasteiger partial charge in [-0.3, -0.25) is 4.79 Å². The Kier molecular flexibility index (Phi) is 3.18. The van der Waals surface area contributed by atoms with E-state index in [4.69, 9.17) is 4.42 Å². The molecule has 2 aromatic rings. The Labute approximate surface area is 126 Å². The highest BCUT2D eigenvalue weighted by Crippen LogP contribution is 2.28. The van der Waals surface area contributed by atoms with Crippen LogP contribution in [0.2, 0.25) is 0 Å². The van der Waals surface area contributed by atoms with E-state index in [-0.39, 0.29) is 17.7 Å². The lowest BCUT2D eigenvalue weighted by Crippen LogP contribution is -2.42. The first-order valence-electron chi connectivity index (χ1n) is 7.48. The molecule has 2 aromatic heterocycles. The smallest absolute Gasteiger partial charge is 0.287 e. The van der Waals surface area contributed by atoms with Crippen molar-refractivity contribution >= 4 is 5.91 Å². The number of nitrogens with one attached hydrogen (secondary N) is 2. The minimum absolute atomic E-state index is 0.173. The lowest BCUT2D eigenvalue weighted by molar-refractivity contribution is 0.0903. The lowest BCUT2D eigenvalue weighted by atomic mass is 9.95. The van der Waals surface area contributed by atoms with E-state index in [2.05, 4.69) is 15.6 Å². The zero-order chi connectivity index (χ0) is 15.1. The molecule has 4 rings (SSSR count). The number of amides is 1. The minimum atomic E-state index is -0.544. The summed E-state index contributed by atoms with van der Waals surface area (Å²) in [5.74, 6) is 0.0172. The second-order valence-electron chi connectivity index (χ2n) is 5.90. The standard InChI is InChI=1S/C16H16FN3O2/c17-15-6-1-9(8-18-15)13-4-5-14(22-13)16(21)20-12-7-10-2-3-11(12)19-10/h1,4-6,8,10-12,19H,2-3,7H2,(H,20,21). The summed E-state index contributed by atoms with van der Waals surface area (Å²) in [5, 5.41) is 6.51. The molecule has 2 aliphatic rings. The number of rotatable bonds is 3. The number of carbonyl (C=O) groups excluding carboxylic acids is 1. The first-order valence-corrected chi connectivity index (χ1v) is 7.48. The van der Waals surface area contributed by atoms with E-state index in [0.717, 1.165) is 12.8 Å². The number of nitrogens with zero attached hydrogens (tertiary/aromatic N) is 1. The fraction of sp³-hybridized carbons (Fsp3) is 0.375. The molecule has 5 nitrogen and oxygen atoms in total. The first-order chi connectivity index (χ1) is 10.7. The highest BCUT2D eigenvalue weighted by Gasteiger charge is 2.39. The fourth-order valence-corrected chi connectivity index (χ4v) is 3.36. The molecule has 3 atom stereocenters. The number of aromatic nitrogens is 1. The van der Waals surface area contributed by atoms with Crippen LogP contribution in [0.4, 0.5) is 4.39 Å². The largest absolute Gasteiger partial charge is 0.451 e. The van der Waals surface area contributed by atoms with Crippen molar-refractivity contribution in [2.75, 3.05) is 0 Å². The monoisotopic (exact) mass is 301 g/mol. The van der Waals surface area contributed by atoms with Crippen LogP contribution in [-0.4, -0.2) is 29.0 Å². The summed E-state index contributed by atoms with van der Waals surface area (Å²) in [6.07, 6.45) is 4.67. The Morgan fingerprint density at radius 2 is 2.23 bits per heavy atom. The SMILES string of the molecule is O=C(NC1CC2CCC1N2)c1ccc(-c2ccc(F)nc2)o1. The zero-order valence-electron chi connectivity index (χ0n) is 11.9. The van der Waals surface area contributed by atoms with E-state index in [9.17, 15) is 9.18 Å². The molecule has 0 radical (unpaired) electrons. The number of hydrogen-bond donors (Lipinski definition) is 2. The van der Waals surface area contributed by atoms with Crippen molar-refractivity contribution in [3.05, 3.63) is 42.2 Å². The topological polar surface area (TPSA) is 67.2 Å².